The molecule has 1 unspecified atom stereocenters. The Morgan fingerprint density at radius 3 is 2.32 bits per heavy atom. The lowest BCUT2D eigenvalue weighted by Crippen LogP contribution is -2.51. The van der Waals surface area contributed by atoms with Crippen LogP contribution < -0.4 is 5.32 Å². The second-order valence-corrected chi connectivity index (χ2v) is 11.4. The van der Waals surface area contributed by atoms with E-state index in [4.69, 9.17) is 23.2 Å². The molecule has 37 heavy (non-hydrogen) atoms. The highest BCUT2D eigenvalue weighted by Crippen LogP contribution is 2.25. The summed E-state index contributed by atoms with van der Waals surface area (Å²) in [6.07, 6.45) is 0.441. The van der Waals surface area contributed by atoms with Gasteiger partial charge in [-0.15, -0.1) is 11.8 Å². The first-order chi connectivity index (χ1) is 17.7. The van der Waals surface area contributed by atoms with Crippen LogP contribution in [0.3, 0.4) is 0 Å². The molecule has 0 saturated carbocycles. The number of hydrogen-bond acceptors (Lipinski definition) is 3. The highest BCUT2D eigenvalue weighted by molar-refractivity contribution is 7.99. The summed E-state index contributed by atoms with van der Waals surface area (Å²) in [4.78, 5) is 29.0. The van der Waals surface area contributed by atoms with Gasteiger partial charge in [0.25, 0.3) is 0 Å². The normalized spacial score (nSPS) is 11.8. The fourth-order valence-corrected chi connectivity index (χ4v) is 5.39. The molecular formula is C30H34Cl2N2O2S. The van der Waals surface area contributed by atoms with Crippen LogP contribution in [0.2, 0.25) is 10.0 Å². The Morgan fingerprint density at radius 2 is 1.65 bits per heavy atom. The van der Waals surface area contributed by atoms with Crippen molar-refractivity contribution in [1.29, 1.82) is 0 Å². The molecule has 0 aliphatic heterocycles. The van der Waals surface area contributed by atoms with Gasteiger partial charge < -0.3 is 10.2 Å². The molecule has 0 heterocycles. The Balaban J connectivity index is 1.86. The molecule has 1 N–H and O–H groups in total. The molecule has 0 saturated heterocycles. The maximum absolute atomic E-state index is 13.7. The van der Waals surface area contributed by atoms with Crippen molar-refractivity contribution in [2.24, 2.45) is 5.92 Å². The minimum atomic E-state index is -0.632. The summed E-state index contributed by atoms with van der Waals surface area (Å²) in [7, 11) is 0. The van der Waals surface area contributed by atoms with Crippen LogP contribution in [-0.2, 0) is 28.3 Å². The van der Waals surface area contributed by atoms with Crippen LogP contribution in [0.1, 0.15) is 36.1 Å². The maximum atomic E-state index is 13.7. The first-order valence-corrected chi connectivity index (χ1v) is 14.3. The van der Waals surface area contributed by atoms with Crippen molar-refractivity contribution in [2.75, 3.05) is 12.3 Å². The van der Waals surface area contributed by atoms with E-state index in [1.807, 2.05) is 67.6 Å². The van der Waals surface area contributed by atoms with E-state index < -0.39 is 6.04 Å². The molecule has 3 aromatic carbocycles. The number of carbonyl (C=O) groups excluding carboxylic acids is 2. The fraction of sp³-hybridized carbons (Fsp3) is 0.333. The number of hydrogen-bond donors (Lipinski definition) is 1. The molecule has 2 amide bonds. The number of aryl methyl sites for hydroxylation is 1. The zero-order chi connectivity index (χ0) is 26.8. The first kappa shape index (κ1) is 29.1. The number of nitrogens with zero attached hydrogens (tertiary/aromatic N) is 1. The lowest BCUT2D eigenvalue weighted by Gasteiger charge is -2.32. The molecule has 3 aromatic rings. The minimum Gasteiger partial charge on any atom is -0.354 e. The van der Waals surface area contributed by atoms with Gasteiger partial charge in [-0.2, -0.15) is 0 Å². The first-order valence-electron chi connectivity index (χ1n) is 12.4. The van der Waals surface area contributed by atoms with Gasteiger partial charge in [-0.3, -0.25) is 9.59 Å². The third-order valence-corrected chi connectivity index (χ3v) is 7.61. The number of amides is 2. The van der Waals surface area contributed by atoms with Gasteiger partial charge in [0, 0.05) is 35.3 Å². The van der Waals surface area contributed by atoms with Crippen LogP contribution >= 0.6 is 35.0 Å². The summed E-state index contributed by atoms with van der Waals surface area (Å²) >= 11 is 13.8. The van der Waals surface area contributed by atoms with Gasteiger partial charge in [0.15, 0.2) is 0 Å². The van der Waals surface area contributed by atoms with Gasteiger partial charge in [0.1, 0.15) is 6.04 Å². The van der Waals surface area contributed by atoms with E-state index in [0.29, 0.717) is 41.2 Å². The summed E-state index contributed by atoms with van der Waals surface area (Å²) in [6, 6.07) is 22.6. The Hall–Kier alpha value is -2.47. The quantitative estimate of drug-likeness (QED) is 0.262. The SMILES string of the molecule is Cc1ccccc1CN(C(=O)CSCc1ccc(Cl)cc1Cl)C(Cc1ccccc1)C(=O)NCC(C)C. The third kappa shape index (κ3) is 9.10. The van der Waals surface area contributed by atoms with Gasteiger partial charge in [-0.1, -0.05) is 97.7 Å². The summed E-state index contributed by atoms with van der Waals surface area (Å²) in [5.74, 6) is 0.891. The van der Waals surface area contributed by atoms with E-state index in [9.17, 15) is 9.59 Å². The number of rotatable bonds is 12. The molecule has 7 heteroatoms. The predicted octanol–water partition coefficient (Wildman–Crippen LogP) is 6.95. The van der Waals surface area contributed by atoms with Crippen molar-refractivity contribution >= 4 is 46.8 Å². The molecule has 0 fully saturated rings. The van der Waals surface area contributed by atoms with Crippen molar-refractivity contribution in [2.45, 2.75) is 45.5 Å². The minimum absolute atomic E-state index is 0.0843. The number of halogens is 2. The highest BCUT2D eigenvalue weighted by Gasteiger charge is 2.30. The molecule has 196 valence electrons. The summed E-state index contributed by atoms with van der Waals surface area (Å²) < 4.78 is 0. The van der Waals surface area contributed by atoms with Gasteiger partial charge in [0.05, 0.1) is 5.75 Å². The standard InChI is InChI=1S/C30H34Cl2N2O2S/c1-21(2)17-33-30(36)28(15-23-10-5-4-6-11-23)34(18-24-12-8-7-9-22(24)3)29(35)20-37-19-25-13-14-26(31)16-27(25)32/h4-14,16,21,28H,15,17-20H2,1-3H3,(H,33,36). The van der Waals surface area contributed by atoms with Gasteiger partial charge in [-0.25, -0.2) is 0 Å². The molecule has 0 aliphatic rings. The van der Waals surface area contributed by atoms with Crippen molar-refractivity contribution in [1.82, 2.24) is 10.2 Å². The van der Waals surface area contributed by atoms with Crippen molar-refractivity contribution < 1.29 is 9.59 Å². The van der Waals surface area contributed by atoms with E-state index in [1.165, 1.54) is 11.8 Å². The molecule has 0 spiro atoms. The van der Waals surface area contributed by atoms with Crippen LogP contribution in [-0.4, -0.2) is 35.1 Å². The largest absolute Gasteiger partial charge is 0.354 e. The second-order valence-electron chi connectivity index (χ2n) is 9.52. The van der Waals surface area contributed by atoms with Crippen molar-refractivity contribution in [3.8, 4) is 0 Å². The van der Waals surface area contributed by atoms with Crippen LogP contribution in [0, 0.1) is 12.8 Å². The molecule has 0 bridgehead atoms. The zero-order valence-electron chi connectivity index (χ0n) is 21.5. The molecule has 0 aromatic heterocycles. The predicted molar refractivity (Wildman–Crippen MR) is 156 cm³/mol. The summed E-state index contributed by atoms with van der Waals surface area (Å²) in [5, 5.41) is 4.23. The molecule has 3 rings (SSSR count). The van der Waals surface area contributed by atoms with Crippen LogP contribution in [0.4, 0.5) is 0 Å². The molecule has 0 aliphatic carbocycles. The van der Waals surface area contributed by atoms with Crippen LogP contribution in [0.25, 0.3) is 0 Å². The smallest absolute Gasteiger partial charge is 0.243 e. The zero-order valence-corrected chi connectivity index (χ0v) is 23.9. The number of nitrogens with one attached hydrogen (secondary N) is 1. The average molecular weight is 558 g/mol. The molecule has 4 nitrogen and oxygen atoms in total. The Morgan fingerprint density at radius 1 is 0.946 bits per heavy atom. The topological polar surface area (TPSA) is 49.4 Å². The Kier molecular flexibility index (Phi) is 11.4. The van der Waals surface area contributed by atoms with Gasteiger partial charge in [0.2, 0.25) is 11.8 Å². The number of thioether (sulfide) groups is 1. The maximum Gasteiger partial charge on any atom is 0.243 e. The van der Waals surface area contributed by atoms with Crippen LogP contribution in [0.15, 0.2) is 72.8 Å². The highest BCUT2D eigenvalue weighted by atomic mass is 35.5. The third-order valence-electron chi connectivity index (χ3n) is 6.06. The monoisotopic (exact) mass is 556 g/mol. The molecule has 1 atom stereocenters. The van der Waals surface area contributed by atoms with E-state index in [-0.39, 0.29) is 17.6 Å². The van der Waals surface area contributed by atoms with E-state index >= 15 is 0 Å². The van der Waals surface area contributed by atoms with E-state index in [2.05, 4.69) is 19.2 Å². The summed E-state index contributed by atoms with van der Waals surface area (Å²) in [5.41, 5.74) is 4.04. The number of carbonyl (C=O) groups is 2. The second kappa shape index (κ2) is 14.5. The van der Waals surface area contributed by atoms with Crippen molar-refractivity contribution in [3.63, 3.8) is 0 Å². The van der Waals surface area contributed by atoms with E-state index in [1.54, 1.807) is 17.0 Å². The fourth-order valence-electron chi connectivity index (χ4n) is 3.92. The van der Waals surface area contributed by atoms with Crippen molar-refractivity contribution in [3.05, 3.63) is 105 Å². The van der Waals surface area contributed by atoms with Crippen LogP contribution in [0.5, 0.6) is 0 Å². The molecular weight excluding hydrogens is 523 g/mol. The lowest BCUT2D eigenvalue weighted by molar-refractivity contribution is -0.139. The molecule has 0 radical (unpaired) electrons. The van der Waals surface area contributed by atoms with Gasteiger partial charge >= 0.3 is 0 Å². The average Bonchev–Trinajstić information content (AvgIpc) is 2.87. The Labute approximate surface area is 234 Å². The Bertz CT molecular complexity index is 1190. The number of benzene rings is 3. The lowest BCUT2D eigenvalue weighted by atomic mass is 10.0. The van der Waals surface area contributed by atoms with Gasteiger partial charge in [-0.05, 0) is 47.2 Å². The summed E-state index contributed by atoms with van der Waals surface area (Å²) in [6.45, 7) is 7.06. The van der Waals surface area contributed by atoms with E-state index in [0.717, 1.165) is 22.3 Å².